The monoisotopic (exact) mass is 448 g/mol. The number of carbonyl (C=O) groups excluding carboxylic acids is 1. The van der Waals surface area contributed by atoms with Crippen molar-refractivity contribution in [1.29, 1.82) is 0 Å². The van der Waals surface area contributed by atoms with Crippen LogP contribution in [0.2, 0.25) is 5.02 Å². The topological polar surface area (TPSA) is 66.5 Å². The highest BCUT2D eigenvalue weighted by Gasteiger charge is 2.28. The lowest BCUT2D eigenvalue weighted by atomic mass is 10.1. The summed E-state index contributed by atoms with van der Waals surface area (Å²) in [7, 11) is -3.86. The lowest BCUT2D eigenvalue weighted by Gasteiger charge is -2.24. The summed E-state index contributed by atoms with van der Waals surface area (Å²) in [5, 5.41) is 3.52. The van der Waals surface area contributed by atoms with Crippen molar-refractivity contribution in [3.8, 4) is 0 Å². The van der Waals surface area contributed by atoms with Crippen LogP contribution >= 0.6 is 11.6 Å². The molecule has 0 spiro atoms. The standard InChI is InChI=1S/C23H29ClN2O3S/c1-18-7-6-8-19(15-18)16-26(30(28,29)22-13-11-20(24)12-14-22)17-23(27)25-21-9-4-2-3-5-10-21/h6-8,11-15,21H,2-5,9-10,16-17H2,1H3,(H,25,27). The fourth-order valence-corrected chi connectivity index (χ4v) is 5.36. The van der Waals surface area contributed by atoms with Crippen molar-refractivity contribution >= 4 is 27.5 Å². The average Bonchev–Trinajstić information content (AvgIpc) is 2.96. The summed E-state index contributed by atoms with van der Waals surface area (Å²) in [6.07, 6.45) is 6.48. The fraction of sp³-hybridized carbons (Fsp3) is 0.435. The van der Waals surface area contributed by atoms with Crippen LogP contribution in [0.3, 0.4) is 0 Å². The minimum absolute atomic E-state index is 0.124. The van der Waals surface area contributed by atoms with Gasteiger partial charge in [0.05, 0.1) is 11.4 Å². The Morgan fingerprint density at radius 3 is 2.37 bits per heavy atom. The predicted octanol–water partition coefficient (Wildman–Crippen LogP) is 4.68. The molecule has 2 aromatic rings. The Balaban J connectivity index is 1.81. The zero-order chi connectivity index (χ0) is 21.6. The summed E-state index contributed by atoms with van der Waals surface area (Å²) in [6, 6.07) is 13.8. The van der Waals surface area contributed by atoms with Crippen LogP contribution in [-0.4, -0.2) is 31.2 Å². The summed E-state index contributed by atoms with van der Waals surface area (Å²) < 4.78 is 27.9. The lowest BCUT2D eigenvalue weighted by molar-refractivity contribution is -0.122. The van der Waals surface area contributed by atoms with Crippen molar-refractivity contribution in [2.75, 3.05) is 6.54 Å². The maximum atomic E-state index is 13.3. The fourth-order valence-electron chi connectivity index (χ4n) is 3.85. The third kappa shape index (κ3) is 6.30. The second-order valence-electron chi connectivity index (χ2n) is 7.97. The van der Waals surface area contributed by atoms with Crippen molar-refractivity contribution in [3.63, 3.8) is 0 Å². The maximum Gasteiger partial charge on any atom is 0.243 e. The molecular formula is C23H29ClN2O3S. The molecule has 3 rings (SSSR count). The van der Waals surface area contributed by atoms with E-state index in [0.717, 1.165) is 36.8 Å². The number of aryl methyl sites for hydroxylation is 1. The molecular weight excluding hydrogens is 420 g/mol. The maximum absolute atomic E-state index is 13.3. The van der Waals surface area contributed by atoms with Gasteiger partial charge in [-0.25, -0.2) is 8.42 Å². The summed E-state index contributed by atoms with van der Waals surface area (Å²) in [6.45, 7) is 1.88. The van der Waals surface area contributed by atoms with E-state index in [2.05, 4.69) is 5.32 Å². The molecule has 0 aromatic heterocycles. The predicted molar refractivity (Wildman–Crippen MR) is 120 cm³/mol. The van der Waals surface area contributed by atoms with Crippen LogP contribution in [-0.2, 0) is 21.4 Å². The third-order valence-electron chi connectivity index (χ3n) is 5.43. The molecule has 1 amide bonds. The molecule has 0 atom stereocenters. The molecule has 0 bridgehead atoms. The van der Waals surface area contributed by atoms with E-state index in [1.165, 1.54) is 29.3 Å². The summed E-state index contributed by atoms with van der Waals surface area (Å²) in [5.41, 5.74) is 1.88. The number of nitrogens with one attached hydrogen (secondary N) is 1. The van der Waals surface area contributed by atoms with Gasteiger partial charge in [-0.1, -0.05) is 67.1 Å². The molecule has 0 aliphatic heterocycles. The zero-order valence-corrected chi connectivity index (χ0v) is 18.9. The van der Waals surface area contributed by atoms with Gasteiger partial charge in [-0.2, -0.15) is 4.31 Å². The summed E-state index contributed by atoms with van der Waals surface area (Å²) in [5.74, 6) is -0.257. The third-order valence-corrected chi connectivity index (χ3v) is 7.49. The average molecular weight is 449 g/mol. The van der Waals surface area contributed by atoms with Gasteiger partial charge in [-0.3, -0.25) is 4.79 Å². The number of rotatable bonds is 7. The molecule has 1 aliphatic rings. The minimum atomic E-state index is -3.86. The Morgan fingerprint density at radius 1 is 1.07 bits per heavy atom. The Bertz CT molecular complexity index is 953. The molecule has 0 unspecified atom stereocenters. The van der Waals surface area contributed by atoms with E-state index in [0.29, 0.717) is 5.02 Å². The van der Waals surface area contributed by atoms with E-state index in [-0.39, 0.29) is 29.9 Å². The van der Waals surface area contributed by atoms with E-state index in [9.17, 15) is 13.2 Å². The van der Waals surface area contributed by atoms with E-state index >= 15 is 0 Å². The SMILES string of the molecule is Cc1cccc(CN(CC(=O)NC2CCCCCC2)S(=O)(=O)c2ccc(Cl)cc2)c1. The van der Waals surface area contributed by atoms with E-state index in [4.69, 9.17) is 11.6 Å². The highest BCUT2D eigenvalue weighted by atomic mass is 35.5. The molecule has 162 valence electrons. The zero-order valence-electron chi connectivity index (χ0n) is 17.3. The number of nitrogens with zero attached hydrogens (tertiary/aromatic N) is 1. The Hall–Kier alpha value is -1.89. The molecule has 1 fully saturated rings. The van der Waals surface area contributed by atoms with E-state index < -0.39 is 10.0 Å². The van der Waals surface area contributed by atoms with Gasteiger partial charge in [0.1, 0.15) is 0 Å². The Labute approximate surface area is 184 Å². The first kappa shape index (κ1) is 22.8. The molecule has 1 saturated carbocycles. The number of carbonyl (C=O) groups is 1. The number of hydrogen-bond acceptors (Lipinski definition) is 3. The van der Waals surface area contributed by atoms with Gasteiger partial charge >= 0.3 is 0 Å². The number of amides is 1. The molecule has 7 heteroatoms. The second kappa shape index (κ2) is 10.4. The normalized spacial score (nSPS) is 15.7. The van der Waals surface area contributed by atoms with Crippen molar-refractivity contribution in [2.45, 2.75) is 62.9 Å². The molecule has 30 heavy (non-hydrogen) atoms. The van der Waals surface area contributed by atoms with Crippen molar-refractivity contribution in [1.82, 2.24) is 9.62 Å². The van der Waals surface area contributed by atoms with Crippen LogP contribution in [0.15, 0.2) is 53.4 Å². The number of sulfonamides is 1. The van der Waals surface area contributed by atoms with Crippen LogP contribution in [0.25, 0.3) is 0 Å². The van der Waals surface area contributed by atoms with Crippen LogP contribution in [0.5, 0.6) is 0 Å². The Kier molecular flexibility index (Phi) is 7.92. The molecule has 0 heterocycles. The number of hydrogen-bond donors (Lipinski definition) is 1. The summed E-state index contributed by atoms with van der Waals surface area (Å²) in [4.78, 5) is 12.9. The number of halogens is 1. The van der Waals surface area contributed by atoms with E-state index in [1.54, 1.807) is 12.1 Å². The van der Waals surface area contributed by atoms with E-state index in [1.807, 2.05) is 31.2 Å². The van der Waals surface area contributed by atoms with Gasteiger partial charge in [0.2, 0.25) is 15.9 Å². The molecule has 0 saturated heterocycles. The van der Waals surface area contributed by atoms with Crippen molar-refractivity contribution in [2.24, 2.45) is 0 Å². The van der Waals surface area contributed by atoms with Gasteiger partial charge in [0.15, 0.2) is 0 Å². The van der Waals surface area contributed by atoms with Crippen LogP contribution in [0.4, 0.5) is 0 Å². The van der Waals surface area contributed by atoms with Gasteiger partial charge < -0.3 is 5.32 Å². The molecule has 1 aliphatic carbocycles. The molecule has 2 aromatic carbocycles. The van der Waals surface area contributed by atoms with Crippen LogP contribution in [0, 0.1) is 6.92 Å². The first-order valence-corrected chi connectivity index (χ1v) is 12.3. The summed E-state index contributed by atoms with van der Waals surface area (Å²) >= 11 is 5.92. The number of benzene rings is 2. The minimum Gasteiger partial charge on any atom is -0.352 e. The quantitative estimate of drug-likeness (QED) is 0.625. The van der Waals surface area contributed by atoms with Gasteiger partial charge in [0, 0.05) is 17.6 Å². The Morgan fingerprint density at radius 2 is 1.73 bits per heavy atom. The van der Waals surface area contributed by atoms with Gasteiger partial charge in [-0.15, -0.1) is 0 Å². The lowest BCUT2D eigenvalue weighted by Crippen LogP contribution is -2.43. The molecule has 5 nitrogen and oxygen atoms in total. The van der Waals surface area contributed by atoms with Crippen LogP contribution < -0.4 is 5.32 Å². The molecule has 1 N–H and O–H groups in total. The smallest absolute Gasteiger partial charge is 0.243 e. The first-order valence-electron chi connectivity index (χ1n) is 10.5. The van der Waals surface area contributed by atoms with Crippen molar-refractivity contribution < 1.29 is 13.2 Å². The second-order valence-corrected chi connectivity index (χ2v) is 10.3. The van der Waals surface area contributed by atoms with Gasteiger partial charge in [0.25, 0.3) is 0 Å². The van der Waals surface area contributed by atoms with Gasteiger partial charge in [-0.05, 0) is 49.6 Å². The molecule has 0 radical (unpaired) electrons. The highest BCUT2D eigenvalue weighted by molar-refractivity contribution is 7.89. The largest absolute Gasteiger partial charge is 0.352 e. The van der Waals surface area contributed by atoms with Crippen LogP contribution in [0.1, 0.15) is 49.7 Å². The van der Waals surface area contributed by atoms with Crippen molar-refractivity contribution in [3.05, 3.63) is 64.7 Å². The highest BCUT2D eigenvalue weighted by Crippen LogP contribution is 2.21. The first-order chi connectivity index (χ1) is 14.3.